The number of nitrogens with one attached hydrogen (secondary N) is 1. The van der Waals surface area contributed by atoms with E-state index in [2.05, 4.69) is 5.32 Å². The van der Waals surface area contributed by atoms with Gasteiger partial charge in [-0.15, -0.1) is 0 Å². The van der Waals surface area contributed by atoms with Crippen LogP contribution in [0.3, 0.4) is 0 Å². The number of halogens is 1. The number of anilines is 1. The average Bonchev–Trinajstić information content (AvgIpc) is 2.75. The predicted octanol–water partition coefficient (Wildman–Crippen LogP) is 3.06. The highest BCUT2D eigenvalue weighted by Gasteiger charge is 2.30. The van der Waals surface area contributed by atoms with Crippen LogP contribution in [0.5, 0.6) is 5.75 Å². The molecule has 180 valence electrons. The molecule has 1 atom stereocenters. The normalized spacial score (nSPS) is 12.2. The Kier molecular flexibility index (Phi) is 9.13. The molecule has 8 nitrogen and oxygen atoms in total. The first-order valence-electron chi connectivity index (χ1n) is 10.4. The Morgan fingerprint density at radius 3 is 2.09 bits per heavy atom. The average molecular weight is 496 g/mol. The Morgan fingerprint density at radius 1 is 1.03 bits per heavy atom. The van der Waals surface area contributed by atoms with E-state index in [1.54, 1.807) is 50.4 Å². The predicted molar refractivity (Wildman–Crippen MR) is 130 cm³/mol. The summed E-state index contributed by atoms with van der Waals surface area (Å²) < 4.78 is 31.1. The zero-order valence-electron chi connectivity index (χ0n) is 19.4. The van der Waals surface area contributed by atoms with Crippen LogP contribution in [0.1, 0.15) is 26.3 Å². The first-order valence-corrected chi connectivity index (χ1v) is 12.6. The van der Waals surface area contributed by atoms with Gasteiger partial charge in [-0.25, -0.2) is 8.42 Å². The topological polar surface area (TPSA) is 96.0 Å². The van der Waals surface area contributed by atoms with Crippen molar-refractivity contribution in [3.05, 3.63) is 59.1 Å². The van der Waals surface area contributed by atoms with Gasteiger partial charge in [0.25, 0.3) is 0 Å². The number of benzene rings is 2. The van der Waals surface area contributed by atoms with E-state index in [0.717, 1.165) is 16.1 Å². The maximum Gasteiger partial charge on any atom is 0.244 e. The van der Waals surface area contributed by atoms with Gasteiger partial charge < -0.3 is 15.0 Å². The van der Waals surface area contributed by atoms with Crippen molar-refractivity contribution in [1.29, 1.82) is 0 Å². The van der Waals surface area contributed by atoms with Crippen molar-refractivity contribution in [2.45, 2.75) is 39.4 Å². The molecule has 0 aromatic heterocycles. The molecule has 0 aliphatic rings. The number of rotatable bonds is 10. The number of ether oxygens (including phenoxy) is 1. The molecule has 2 aromatic carbocycles. The Morgan fingerprint density at radius 2 is 1.61 bits per heavy atom. The van der Waals surface area contributed by atoms with Crippen molar-refractivity contribution in [3.8, 4) is 5.75 Å². The van der Waals surface area contributed by atoms with Crippen LogP contribution in [0.25, 0.3) is 0 Å². The Labute approximate surface area is 200 Å². The lowest BCUT2D eigenvalue weighted by molar-refractivity contribution is -0.139. The van der Waals surface area contributed by atoms with E-state index in [1.165, 1.54) is 17.0 Å². The number of carbonyl (C=O) groups excluding carboxylic acids is 2. The second-order valence-corrected chi connectivity index (χ2v) is 10.3. The van der Waals surface area contributed by atoms with Gasteiger partial charge >= 0.3 is 0 Å². The monoisotopic (exact) mass is 495 g/mol. The van der Waals surface area contributed by atoms with Gasteiger partial charge in [-0.2, -0.15) is 0 Å². The van der Waals surface area contributed by atoms with Crippen molar-refractivity contribution in [1.82, 2.24) is 10.2 Å². The van der Waals surface area contributed by atoms with Crippen LogP contribution in [0.2, 0.25) is 5.02 Å². The van der Waals surface area contributed by atoms with Crippen molar-refractivity contribution >= 4 is 39.1 Å². The van der Waals surface area contributed by atoms with Crippen LogP contribution in [0.15, 0.2) is 48.5 Å². The smallest absolute Gasteiger partial charge is 0.244 e. The standard InChI is InChI=1S/C23H30ClN3O5S/c1-16(2)25-23(29)17(3)26(14-18-6-12-21(32-4)13-7-18)22(28)15-27(33(5,30)31)20-10-8-19(24)9-11-20/h6-13,16-17H,14-15H2,1-5H3,(H,25,29). The maximum absolute atomic E-state index is 13.4. The van der Waals surface area contributed by atoms with E-state index in [-0.39, 0.29) is 18.5 Å². The molecule has 0 radical (unpaired) electrons. The van der Waals surface area contributed by atoms with Crippen LogP contribution >= 0.6 is 11.6 Å². The summed E-state index contributed by atoms with van der Waals surface area (Å²) in [5.41, 5.74) is 1.07. The fraction of sp³-hybridized carbons (Fsp3) is 0.391. The molecule has 1 N–H and O–H groups in total. The molecular weight excluding hydrogens is 466 g/mol. The van der Waals surface area contributed by atoms with E-state index >= 15 is 0 Å². The van der Waals surface area contributed by atoms with Crippen LogP contribution in [-0.2, 0) is 26.2 Å². The van der Waals surface area contributed by atoms with Gasteiger partial charge in [0, 0.05) is 17.6 Å². The van der Waals surface area contributed by atoms with Gasteiger partial charge in [0.15, 0.2) is 0 Å². The molecule has 0 fully saturated rings. The van der Waals surface area contributed by atoms with Crippen LogP contribution in [0.4, 0.5) is 5.69 Å². The molecule has 2 amide bonds. The number of amides is 2. The number of sulfonamides is 1. The van der Waals surface area contributed by atoms with E-state index < -0.39 is 28.5 Å². The Hall–Kier alpha value is -2.78. The fourth-order valence-electron chi connectivity index (χ4n) is 3.14. The summed E-state index contributed by atoms with van der Waals surface area (Å²) in [5, 5.41) is 3.25. The molecule has 0 heterocycles. The molecule has 0 aliphatic heterocycles. The summed E-state index contributed by atoms with van der Waals surface area (Å²) in [5.74, 6) is -0.185. The van der Waals surface area contributed by atoms with Crippen LogP contribution < -0.4 is 14.4 Å². The molecule has 2 rings (SSSR count). The highest BCUT2D eigenvalue weighted by molar-refractivity contribution is 7.92. The largest absolute Gasteiger partial charge is 0.497 e. The van der Waals surface area contributed by atoms with Crippen LogP contribution in [-0.4, -0.2) is 57.1 Å². The molecular formula is C23H30ClN3O5S. The van der Waals surface area contributed by atoms with Crippen LogP contribution in [0, 0.1) is 0 Å². The highest BCUT2D eigenvalue weighted by Crippen LogP contribution is 2.22. The Balaban J connectivity index is 2.36. The van der Waals surface area contributed by atoms with Gasteiger partial charge in [-0.05, 0) is 62.7 Å². The fourth-order valence-corrected chi connectivity index (χ4v) is 4.11. The number of hydrogen-bond donors (Lipinski definition) is 1. The minimum absolute atomic E-state index is 0.112. The summed E-state index contributed by atoms with van der Waals surface area (Å²) >= 11 is 5.92. The van der Waals surface area contributed by atoms with E-state index in [1.807, 2.05) is 13.8 Å². The summed E-state index contributed by atoms with van der Waals surface area (Å²) in [6.07, 6.45) is 1.03. The van der Waals surface area contributed by atoms with E-state index in [9.17, 15) is 18.0 Å². The molecule has 0 spiro atoms. The Bertz CT molecular complexity index is 1060. The first kappa shape index (κ1) is 26.5. The van der Waals surface area contributed by atoms with Crippen molar-refractivity contribution in [3.63, 3.8) is 0 Å². The number of hydrogen-bond acceptors (Lipinski definition) is 5. The lowest BCUT2D eigenvalue weighted by Crippen LogP contribution is -2.52. The van der Waals surface area contributed by atoms with Crippen molar-refractivity contribution in [2.24, 2.45) is 0 Å². The molecule has 0 saturated heterocycles. The number of carbonyl (C=O) groups is 2. The third kappa shape index (κ3) is 7.64. The molecule has 33 heavy (non-hydrogen) atoms. The maximum atomic E-state index is 13.4. The molecule has 10 heteroatoms. The second-order valence-electron chi connectivity index (χ2n) is 7.96. The second kappa shape index (κ2) is 11.4. The van der Waals surface area contributed by atoms with Gasteiger partial charge in [-0.3, -0.25) is 13.9 Å². The van der Waals surface area contributed by atoms with Gasteiger partial charge in [0.2, 0.25) is 21.8 Å². The summed E-state index contributed by atoms with van der Waals surface area (Å²) in [6.45, 7) is 4.92. The number of nitrogens with zero attached hydrogens (tertiary/aromatic N) is 2. The quantitative estimate of drug-likeness (QED) is 0.546. The van der Waals surface area contributed by atoms with E-state index in [0.29, 0.717) is 16.5 Å². The summed E-state index contributed by atoms with van der Waals surface area (Å²) in [7, 11) is -2.23. The molecule has 0 bridgehead atoms. The van der Waals surface area contributed by atoms with Gasteiger partial charge in [0.1, 0.15) is 18.3 Å². The SMILES string of the molecule is COc1ccc(CN(C(=O)CN(c2ccc(Cl)cc2)S(C)(=O)=O)C(C)C(=O)NC(C)C)cc1. The van der Waals surface area contributed by atoms with Crippen molar-refractivity contribution in [2.75, 3.05) is 24.2 Å². The lowest BCUT2D eigenvalue weighted by Gasteiger charge is -2.32. The van der Waals surface area contributed by atoms with E-state index in [4.69, 9.17) is 16.3 Å². The first-order chi connectivity index (χ1) is 15.4. The molecule has 0 saturated carbocycles. The third-order valence-corrected chi connectivity index (χ3v) is 6.30. The molecule has 0 aliphatic carbocycles. The van der Waals surface area contributed by atoms with Gasteiger partial charge in [-0.1, -0.05) is 23.7 Å². The summed E-state index contributed by atoms with van der Waals surface area (Å²) in [4.78, 5) is 27.5. The number of methoxy groups -OCH3 is 1. The minimum Gasteiger partial charge on any atom is -0.497 e. The zero-order valence-corrected chi connectivity index (χ0v) is 21.0. The third-order valence-electron chi connectivity index (χ3n) is 4.90. The minimum atomic E-state index is -3.78. The lowest BCUT2D eigenvalue weighted by atomic mass is 10.1. The zero-order chi connectivity index (χ0) is 24.8. The van der Waals surface area contributed by atoms with Gasteiger partial charge in [0.05, 0.1) is 19.1 Å². The highest BCUT2D eigenvalue weighted by atomic mass is 35.5. The molecule has 1 unspecified atom stereocenters. The molecule has 2 aromatic rings. The van der Waals surface area contributed by atoms with Crippen molar-refractivity contribution < 1.29 is 22.7 Å². The summed E-state index contributed by atoms with van der Waals surface area (Å²) in [6, 6.07) is 12.3.